The van der Waals surface area contributed by atoms with Gasteiger partial charge in [-0.2, -0.15) is 0 Å². The van der Waals surface area contributed by atoms with Crippen molar-refractivity contribution in [2.75, 3.05) is 38.1 Å². The van der Waals surface area contributed by atoms with Crippen molar-refractivity contribution in [2.45, 2.75) is 26.3 Å². The second kappa shape index (κ2) is 5.44. The molecule has 1 atom stereocenters. The molecule has 3 rings (SSSR count). The van der Waals surface area contributed by atoms with Gasteiger partial charge in [0.15, 0.2) is 0 Å². The van der Waals surface area contributed by atoms with Gasteiger partial charge < -0.3 is 14.4 Å². The smallest absolute Gasteiger partial charge is 0.206 e. The van der Waals surface area contributed by atoms with Crippen molar-refractivity contribution in [3.8, 4) is 0 Å². The zero-order valence-electron chi connectivity index (χ0n) is 12.7. The maximum atomic E-state index is 4.90. The summed E-state index contributed by atoms with van der Waals surface area (Å²) in [6.45, 7) is 8.89. The fourth-order valence-corrected chi connectivity index (χ4v) is 2.88. The number of rotatable bonds is 3. The van der Waals surface area contributed by atoms with E-state index in [9.17, 15) is 0 Å². The first kappa shape index (κ1) is 13.4. The van der Waals surface area contributed by atoms with Crippen molar-refractivity contribution >= 4 is 17.0 Å². The number of benzene rings is 1. The van der Waals surface area contributed by atoms with Crippen LogP contribution in [0.25, 0.3) is 11.0 Å². The molecule has 0 spiro atoms. The number of nitrogens with zero attached hydrogens (tertiary/aromatic N) is 4. The van der Waals surface area contributed by atoms with Crippen molar-refractivity contribution < 1.29 is 0 Å². The molecule has 0 radical (unpaired) electrons. The molecule has 4 nitrogen and oxygen atoms in total. The number of para-hydroxylation sites is 2. The third-order valence-corrected chi connectivity index (χ3v) is 4.39. The van der Waals surface area contributed by atoms with E-state index in [4.69, 9.17) is 4.98 Å². The van der Waals surface area contributed by atoms with Crippen molar-refractivity contribution in [2.24, 2.45) is 0 Å². The Hall–Kier alpha value is -1.55. The Morgan fingerprint density at radius 3 is 2.55 bits per heavy atom. The molecule has 4 heteroatoms. The van der Waals surface area contributed by atoms with Crippen LogP contribution in [-0.2, 0) is 0 Å². The van der Waals surface area contributed by atoms with E-state index in [0.29, 0.717) is 6.04 Å². The Morgan fingerprint density at radius 1 is 1.15 bits per heavy atom. The Morgan fingerprint density at radius 2 is 1.85 bits per heavy atom. The first-order valence-electron chi connectivity index (χ1n) is 7.61. The zero-order chi connectivity index (χ0) is 14.1. The summed E-state index contributed by atoms with van der Waals surface area (Å²) in [5.41, 5.74) is 2.37. The Bertz CT molecular complexity index is 581. The lowest BCUT2D eigenvalue weighted by Crippen LogP contribution is -2.45. The molecular formula is C16H24N4. The molecule has 2 heterocycles. The van der Waals surface area contributed by atoms with E-state index in [1.165, 1.54) is 5.52 Å². The molecule has 1 aliphatic rings. The average Bonchev–Trinajstić information content (AvgIpc) is 2.86. The minimum Gasteiger partial charge on any atom is -0.340 e. The van der Waals surface area contributed by atoms with Gasteiger partial charge in [0.2, 0.25) is 5.95 Å². The highest BCUT2D eigenvalue weighted by Gasteiger charge is 2.22. The van der Waals surface area contributed by atoms with Gasteiger partial charge >= 0.3 is 0 Å². The van der Waals surface area contributed by atoms with Crippen LogP contribution in [0, 0.1) is 0 Å². The van der Waals surface area contributed by atoms with Gasteiger partial charge in [0, 0.05) is 32.2 Å². The van der Waals surface area contributed by atoms with Crippen LogP contribution >= 0.6 is 0 Å². The summed E-state index contributed by atoms with van der Waals surface area (Å²) in [5, 5.41) is 0. The Labute approximate surface area is 121 Å². The van der Waals surface area contributed by atoms with Crippen LogP contribution < -0.4 is 4.90 Å². The summed E-state index contributed by atoms with van der Waals surface area (Å²) in [6.07, 6.45) is 1.13. The topological polar surface area (TPSA) is 24.3 Å². The van der Waals surface area contributed by atoms with Crippen LogP contribution in [0.15, 0.2) is 24.3 Å². The normalized spacial score (nSPS) is 18.6. The van der Waals surface area contributed by atoms with Gasteiger partial charge in [0.05, 0.1) is 11.0 Å². The van der Waals surface area contributed by atoms with E-state index < -0.39 is 0 Å². The molecule has 0 N–H and O–H groups in total. The molecule has 1 aliphatic heterocycles. The third kappa shape index (κ3) is 2.29. The minimum atomic E-state index is 0.483. The van der Waals surface area contributed by atoms with Crippen molar-refractivity contribution in [3.05, 3.63) is 24.3 Å². The highest BCUT2D eigenvalue weighted by molar-refractivity contribution is 5.79. The molecule has 2 aromatic rings. The van der Waals surface area contributed by atoms with Gasteiger partial charge in [0.1, 0.15) is 0 Å². The molecular weight excluding hydrogens is 248 g/mol. The predicted octanol–water partition coefficient (Wildman–Crippen LogP) is 2.76. The molecule has 0 saturated carbocycles. The van der Waals surface area contributed by atoms with Crippen LogP contribution in [0.4, 0.5) is 5.95 Å². The minimum absolute atomic E-state index is 0.483. The largest absolute Gasteiger partial charge is 0.340 e. The van der Waals surface area contributed by atoms with Crippen LogP contribution in [0.5, 0.6) is 0 Å². The first-order valence-corrected chi connectivity index (χ1v) is 7.61. The Balaban J connectivity index is 2.05. The zero-order valence-corrected chi connectivity index (χ0v) is 12.7. The van der Waals surface area contributed by atoms with Crippen LogP contribution in [0.1, 0.15) is 26.3 Å². The van der Waals surface area contributed by atoms with E-state index in [1.54, 1.807) is 0 Å². The molecule has 1 unspecified atom stereocenters. The lowest BCUT2D eigenvalue weighted by molar-refractivity contribution is 0.309. The first-order chi connectivity index (χ1) is 9.70. The van der Waals surface area contributed by atoms with E-state index in [1.807, 2.05) is 0 Å². The number of anilines is 1. The van der Waals surface area contributed by atoms with Crippen LogP contribution in [0.3, 0.4) is 0 Å². The van der Waals surface area contributed by atoms with E-state index >= 15 is 0 Å². The summed E-state index contributed by atoms with van der Waals surface area (Å²) < 4.78 is 2.42. The van der Waals surface area contributed by atoms with E-state index in [-0.39, 0.29) is 0 Å². The van der Waals surface area contributed by atoms with Gasteiger partial charge in [-0.1, -0.05) is 19.1 Å². The molecule has 0 aliphatic carbocycles. The summed E-state index contributed by atoms with van der Waals surface area (Å²) in [5.74, 6) is 1.15. The molecule has 20 heavy (non-hydrogen) atoms. The van der Waals surface area contributed by atoms with Gasteiger partial charge in [-0.25, -0.2) is 4.98 Å². The maximum Gasteiger partial charge on any atom is 0.206 e. The number of aromatic nitrogens is 2. The number of fused-ring (bicyclic) bond motifs is 1. The molecule has 1 saturated heterocycles. The Kier molecular flexibility index (Phi) is 3.66. The number of hydrogen-bond acceptors (Lipinski definition) is 3. The monoisotopic (exact) mass is 272 g/mol. The predicted molar refractivity (Wildman–Crippen MR) is 84.4 cm³/mol. The fraction of sp³-hybridized carbons (Fsp3) is 0.562. The number of likely N-dealkylation sites (N-methyl/N-ethyl adjacent to an activating group) is 1. The third-order valence-electron chi connectivity index (χ3n) is 4.39. The molecule has 1 aromatic heterocycles. The highest BCUT2D eigenvalue weighted by atomic mass is 15.4. The molecule has 1 aromatic carbocycles. The maximum absolute atomic E-state index is 4.90. The van der Waals surface area contributed by atoms with Gasteiger partial charge in [-0.3, -0.25) is 0 Å². The lowest BCUT2D eigenvalue weighted by atomic mass is 10.2. The lowest BCUT2D eigenvalue weighted by Gasteiger charge is -2.34. The van der Waals surface area contributed by atoms with Crippen molar-refractivity contribution in [1.29, 1.82) is 0 Å². The van der Waals surface area contributed by atoms with Crippen LogP contribution in [-0.4, -0.2) is 47.7 Å². The second-order valence-corrected chi connectivity index (χ2v) is 5.82. The van der Waals surface area contributed by atoms with Crippen molar-refractivity contribution in [3.63, 3.8) is 0 Å². The van der Waals surface area contributed by atoms with Crippen molar-refractivity contribution in [1.82, 2.24) is 14.5 Å². The second-order valence-electron chi connectivity index (χ2n) is 5.82. The summed E-state index contributed by atoms with van der Waals surface area (Å²) in [6, 6.07) is 8.97. The SMILES string of the molecule is CCC(C)n1c(N2CCN(C)CC2)nc2ccccc21. The van der Waals surface area contributed by atoms with Gasteiger partial charge in [-0.15, -0.1) is 0 Å². The number of hydrogen-bond donors (Lipinski definition) is 0. The number of imidazole rings is 1. The van der Waals surface area contributed by atoms with Gasteiger partial charge in [0.25, 0.3) is 0 Å². The average molecular weight is 272 g/mol. The molecule has 0 amide bonds. The quantitative estimate of drug-likeness (QED) is 0.858. The molecule has 108 valence electrons. The fourth-order valence-electron chi connectivity index (χ4n) is 2.88. The summed E-state index contributed by atoms with van der Waals surface area (Å²) in [7, 11) is 2.19. The standard InChI is InChI=1S/C16H24N4/c1-4-13(2)20-15-8-6-5-7-14(15)17-16(20)19-11-9-18(3)10-12-19/h5-8,13H,4,9-12H2,1-3H3. The van der Waals surface area contributed by atoms with E-state index in [2.05, 4.69) is 59.5 Å². The molecule has 1 fully saturated rings. The van der Waals surface area contributed by atoms with Gasteiger partial charge in [-0.05, 0) is 32.5 Å². The molecule has 0 bridgehead atoms. The number of piperazine rings is 1. The van der Waals surface area contributed by atoms with Crippen LogP contribution in [0.2, 0.25) is 0 Å². The summed E-state index contributed by atoms with van der Waals surface area (Å²) in [4.78, 5) is 9.72. The van der Waals surface area contributed by atoms with E-state index in [0.717, 1.165) is 44.1 Å². The highest BCUT2D eigenvalue weighted by Crippen LogP contribution is 2.28. The summed E-state index contributed by atoms with van der Waals surface area (Å²) >= 11 is 0.